The average Bonchev–Trinajstić information content (AvgIpc) is 1.61. The van der Waals surface area contributed by atoms with E-state index in [-0.39, 0.29) is 78.1 Å². The molecule has 0 radical (unpaired) electrons. The van der Waals surface area contributed by atoms with Crippen LogP contribution in [0.15, 0.2) is 73.2 Å². The first kappa shape index (κ1) is 82.4. The standard InChI is InChI=1S/C16H13F6N5O2.C14H18BF4NO3.C14H8ClF6N5O.C6H2Cl2F2N4.C2H6O.2CH4/c1-3-28-16(21,22)14-25-24-12-5-4-11(26-27(12)14)9-6-10(17)13(23-7-9)29-8(2)15(18,19)20;1-8(14(17,18)19)21-11-10(16)6-9(7-20-11)15-22-12(2,3)13(4,5)23-15;1-6(14(19,20)21)27-11-8(16)4-7(5-22-11)9-2-3-10-23-24-12(13(15,17)18)26(10)25-9;7-3-1-2-4-11-12-5(6(8,9)10)14(4)13-3;1-2-3;;/h4-8H,3H2,1-2H3;6-8H,1-5H3;2-6H,1H3;1-2H;3H,2H2,1H3;2*1H4/t2*8-;6-;;;;/m111..../s1. The fraction of sp³-hybridized carbons (Fsp3) is 0.444. The van der Waals surface area contributed by atoms with Gasteiger partial charge in [-0.15, -0.1) is 30.6 Å². The molecule has 98 heavy (non-hydrogen) atoms. The molecule has 0 saturated carbocycles. The molecule has 9 aromatic rings. The highest BCUT2D eigenvalue weighted by molar-refractivity contribution is 6.62. The van der Waals surface area contributed by atoms with Crippen molar-refractivity contribution in [3.05, 3.63) is 113 Å². The van der Waals surface area contributed by atoms with Gasteiger partial charge in [-0.05, 0) is 140 Å². The highest BCUT2D eigenvalue weighted by atomic mass is 35.5. The number of nitrogens with zero attached hydrogens (tertiary/aromatic N) is 15. The quantitative estimate of drug-likeness (QED) is 0.0604. The second-order valence-electron chi connectivity index (χ2n) is 20.3. The van der Waals surface area contributed by atoms with Crippen molar-refractivity contribution in [1.29, 1.82) is 0 Å². The summed E-state index contributed by atoms with van der Waals surface area (Å²) in [5.41, 5.74) is -0.883. The molecular weight excluding hydrogens is 1430 g/mol. The first-order chi connectivity index (χ1) is 44.2. The van der Waals surface area contributed by atoms with E-state index in [0.29, 0.717) is 18.4 Å². The molecule has 1 fully saturated rings. The zero-order chi connectivity index (χ0) is 72.1. The van der Waals surface area contributed by atoms with Crippen molar-refractivity contribution in [1.82, 2.24) is 74.4 Å². The van der Waals surface area contributed by atoms with E-state index in [1.165, 1.54) is 49.5 Å². The van der Waals surface area contributed by atoms with Crippen molar-refractivity contribution in [2.24, 2.45) is 0 Å². The maximum absolute atomic E-state index is 14.2. The highest BCUT2D eigenvalue weighted by Gasteiger charge is 2.52. The van der Waals surface area contributed by atoms with Gasteiger partial charge in [0.05, 0.1) is 29.2 Å². The van der Waals surface area contributed by atoms with E-state index < -0.39 is 125 Å². The molecule has 9 aromatic heterocycles. The summed E-state index contributed by atoms with van der Waals surface area (Å²) in [4.78, 5) is 10.6. The maximum Gasteiger partial charge on any atom is 0.496 e. The lowest BCUT2D eigenvalue weighted by Crippen LogP contribution is -2.41. The van der Waals surface area contributed by atoms with Crippen molar-refractivity contribution in [3.63, 3.8) is 0 Å². The molecule has 1 saturated heterocycles. The second-order valence-corrected chi connectivity index (χ2v) is 21.6. The summed E-state index contributed by atoms with van der Waals surface area (Å²) in [7, 11) is -0.851. The predicted molar refractivity (Wildman–Crippen MR) is 313 cm³/mol. The fourth-order valence-electron chi connectivity index (χ4n) is 7.08. The Morgan fingerprint density at radius 2 is 0.837 bits per heavy atom. The van der Waals surface area contributed by atoms with Crippen LogP contribution in [0.4, 0.5) is 79.0 Å². The summed E-state index contributed by atoms with van der Waals surface area (Å²) in [6.45, 7) is 12.5. The van der Waals surface area contributed by atoms with E-state index in [1.54, 1.807) is 6.92 Å². The zero-order valence-corrected chi connectivity index (χ0v) is 52.5. The van der Waals surface area contributed by atoms with Gasteiger partial charge >= 0.3 is 42.5 Å². The molecule has 44 heteroatoms. The van der Waals surface area contributed by atoms with Crippen LogP contribution in [0.5, 0.6) is 17.6 Å². The van der Waals surface area contributed by atoms with Crippen LogP contribution in [-0.2, 0) is 30.9 Å². The number of aliphatic hydroxyl groups excluding tert-OH is 1. The van der Waals surface area contributed by atoms with Crippen LogP contribution in [0.2, 0.25) is 5.15 Å². The summed E-state index contributed by atoms with van der Waals surface area (Å²) in [6, 6.07) is 10.7. The van der Waals surface area contributed by atoms with E-state index in [2.05, 4.69) is 79.8 Å². The largest absolute Gasteiger partial charge is 0.496 e. The summed E-state index contributed by atoms with van der Waals surface area (Å²) in [5, 5.41) is 31.8. The molecule has 10 heterocycles. The van der Waals surface area contributed by atoms with Gasteiger partial charge in [0.15, 0.2) is 52.7 Å². The summed E-state index contributed by atoms with van der Waals surface area (Å²) in [6.07, 6.45) is -21.3. The summed E-state index contributed by atoms with van der Waals surface area (Å²) >= 11 is 15.2. The third kappa shape index (κ3) is 20.6. The van der Waals surface area contributed by atoms with Gasteiger partial charge in [-0.3, -0.25) is 0 Å². The van der Waals surface area contributed by atoms with Gasteiger partial charge in [0.25, 0.3) is 23.5 Å². The van der Waals surface area contributed by atoms with Crippen LogP contribution in [0.1, 0.15) is 94.6 Å². The fourth-order valence-corrected chi connectivity index (χ4v) is 7.45. The molecule has 0 aliphatic carbocycles. The normalized spacial score (nSPS) is 14.8. The van der Waals surface area contributed by atoms with Crippen LogP contribution >= 0.6 is 34.8 Å². The van der Waals surface area contributed by atoms with Crippen LogP contribution in [-0.4, -0.2) is 148 Å². The van der Waals surface area contributed by atoms with Crippen molar-refractivity contribution in [2.45, 2.75) is 142 Å². The number of pyridine rings is 3. The van der Waals surface area contributed by atoms with Gasteiger partial charge in [0, 0.05) is 41.8 Å². The van der Waals surface area contributed by atoms with Crippen LogP contribution in [0, 0.1) is 17.5 Å². The molecule has 1 aliphatic rings. The minimum absolute atomic E-state index is 0. The number of ether oxygens (including phenoxy) is 4. The van der Waals surface area contributed by atoms with Crippen molar-refractivity contribution in [2.75, 3.05) is 13.2 Å². The SMILES string of the molecule is C.C.CCO.CCOC(F)(F)c1nnc2ccc(-c3cnc(O[C@H](C)C(F)(F)F)c(F)c3)nn12.C[C@@H](Oc1ncc(-c2ccc3nnc(C(F)(F)Cl)n3n2)cc1F)C(F)(F)F.C[C@@H](Oc1ncc(B2OC(C)(C)C(C)(C)O2)cc1F)C(F)(F)F.FC(F)(Cl)c1nnc2ccc(Cl)nn12. The molecule has 0 amide bonds. The number of fused-ring (bicyclic) bond motifs is 3. The minimum atomic E-state index is -4.70. The Balaban J connectivity index is 0.000000278. The Morgan fingerprint density at radius 3 is 1.17 bits per heavy atom. The Bertz CT molecular complexity index is 4110. The third-order valence-electron chi connectivity index (χ3n) is 12.7. The van der Waals surface area contributed by atoms with Crippen molar-refractivity contribution >= 4 is 64.3 Å². The van der Waals surface area contributed by atoms with Crippen molar-refractivity contribution in [3.8, 4) is 40.2 Å². The zero-order valence-electron chi connectivity index (χ0n) is 50.2. The number of hydrogen-bond donors (Lipinski definition) is 1. The molecule has 0 spiro atoms. The molecule has 1 aliphatic heterocycles. The molecule has 22 nitrogen and oxygen atoms in total. The van der Waals surface area contributed by atoms with Gasteiger partial charge in [0.2, 0.25) is 11.6 Å². The second kappa shape index (κ2) is 31.9. The Labute approximate surface area is 558 Å². The molecule has 1 N–H and O–H groups in total. The van der Waals surface area contributed by atoms with E-state index in [1.807, 2.05) is 27.7 Å². The number of halogens is 21. The third-order valence-corrected chi connectivity index (χ3v) is 13.2. The lowest BCUT2D eigenvalue weighted by atomic mass is 9.80. The molecule has 538 valence electrons. The predicted octanol–water partition coefficient (Wildman–Crippen LogP) is 13.9. The number of rotatable bonds is 14. The Morgan fingerprint density at radius 1 is 0.510 bits per heavy atom. The number of hydrogen-bond acceptors (Lipinski definition) is 19. The molecule has 0 aromatic carbocycles. The summed E-state index contributed by atoms with van der Waals surface area (Å²) < 4.78 is 266. The van der Waals surface area contributed by atoms with Crippen LogP contribution in [0.25, 0.3) is 39.5 Å². The monoisotopic (exact) mass is 1480 g/mol. The van der Waals surface area contributed by atoms with Gasteiger partial charge < -0.3 is 33.4 Å². The molecule has 0 unspecified atom stereocenters. The summed E-state index contributed by atoms with van der Waals surface area (Å²) in [5.74, 6) is -8.38. The van der Waals surface area contributed by atoms with Crippen LogP contribution in [0.3, 0.4) is 0 Å². The average molecular weight is 1490 g/mol. The van der Waals surface area contributed by atoms with Gasteiger partial charge in [-0.2, -0.15) is 94.7 Å². The van der Waals surface area contributed by atoms with Gasteiger partial charge in [0.1, 0.15) is 5.15 Å². The van der Waals surface area contributed by atoms with E-state index >= 15 is 0 Å². The first-order valence-corrected chi connectivity index (χ1v) is 28.0. The number of aliphatic hydroxyl groups is 1. The molecular formula is C54H55BCl3F18N15O7. The van der Waals surface area contributed by atoms with E-state index in [4.69, 9.17) is 49.2 Å². The lowest BCUT2D eigenvalue weighted by molar-refractivity contribution is -0.252. The molecule has 10 rings (SSSR count). The minimum Gasteiger partial charge on any atom is -0.463 e. The smallest absolute Gasteiger partial charge is 0.463 e. The number of aromatic nitrogens is 15. The first-order valence-electron chi connectivity index (χ1n) is 26.9. The maximum atomic E-state index is 14.2. The molecule has 0 bridgehead atoms. The lowest BCUT2D eigenvalue weighted by Gasteiger charge is -2.32. The Hall–Kier alpha value is -7.99. The highest BCUT2D eigenvalue weighted by Crippen LogP contribution is 2.38. The van der Waals surface area contributed by atoms with Crippen molar-refractivity contribution < 1.29 is 112 Å². The molecule has 3 atom stereocenters. The van der Waals surface area contributed by atoms with Gasteiger partial charge in [-0.1, -0.05) is 26.5 Å². The number of alkyl halides is 17. The Kier molecular flexibility index (Phi) is 26.8. The van der Waals surface area contributed by atoms with Gasteiger partial charge in [-0.25, -0.2) is 28.1 Å². The van der Waals surface area contributed by atoms with E-state index in [9.17, 15) is 79.0 Å². The van der Waals surface area contributed by atoms with Crippen LogP contribution < -0.4 is 19.7 Å². The van der Waals surface area contributed by atoms with E-state index in [0.717, 1.165) is 46.5 Å². The topological polar surface area (TPSA) is 244 Å².